The van der Waals surface area contributed by atoms with Gasteiger partial charge in [0.2, 0.25) is 5.91 Å². The molecule has 4 nitrogen and oxygen atoms in total. The smallest absolute Gasteiger partial charge is 0.220 e. The number of thiazole rings is 1. The molecule has 2 aromatic carbocycles. The van der Waals surface area contributed by atoms with Crippen LogP contribution in [-0.2, 0) is 17.6 Å². The van der Waals surface area contributed by atoms with E-state index in [1.165, 1.54) is 4.88 Å². The summed E-state index contributed by atoms with van der Waals surface area (Å²) in [6.45, 7) is 2.70. The van der Waals surface area contributed by atoms with Gasteiger partial charge in [0, 0.05) is 29.8 Å². The minimum atomic E-state index is 0.0642. The predicted molar refractivity (Wildman–Crippen MR) is 110 cm³/mol. The summed E-state index contributed by atoms with van der Waals surface area (Å²) in [4.78, 5) is 18.0. The van der Waals surface area contributed by atoms with E-state index in [1.807, 2.05) is 42.5 Å². The molecule has 1 heterocycles. The summed E-state index contributed by atoms with van der Waals surface area (Å²) < 4.78 is 5.21. The number of aromatic nitrogens is 1. The van der Waals surface area contributed by atoms with Crippen LogP contribution in [0.2, 0.25) is 0 Å². The highest BCUT2D eigenvalue weighted by molar-refractivity contribution is 7.12. The van der Waals surface area contributed by atoms with E-state index < -0.39 is 0 Å². The van der Waals surface area contributed by atoms with Gasteiger partial charge in [-0.3, -0.25) is 4.79 Å². The molecule has 3 aromatic rings. The number of benzene rings is 2. The van der Waals surface area contributed by atoms with Gasteiger partial charge < -0.3 is 10.1 Å². The largest absolute Gasteiger partial charge is 0.497 e. The number of ether oxygens (including phenoxy) is 1. The summed E-state index contributed by atoms with van der Waals surface area (Å²) in [5.41, 5.74) is 3.28. The van der Waals surface area contributed by atoms with Gasteiger partial charge in [0.1, 0.15) is 5.75 Å². The standard InChI is InChI=1S/C22H24N2O2S/c1-16-22(18-8-4-3-5-9-18)24-21(27-16)13-14-23-20(25)12-11-17-7-6-10-19(15-17)26-2/h3-10,15H,11-14H2,1-2H3,(H,23,25). The highest BCUT2D eigenvalue weighted by Crippen LogP contribution is 2.27. The lowest BCUT2D eigenvalue weighted by atomic mass is 10.1. The Balaban J connectivity index is 1.46. The van der Waals surface area contributed by atoms with E-state index >= 15 is 0 Å². The van der Waals surface area contributed by atoms with Gasteiger partial charge in [-0.25, -0.2) is 4.98 Å². The second-order valence-corrected chi connectivity index (χ2v) is 7.62. The Morgan fingerprint density at radius 1 is 1.11 bits per heavy atom. The minimum Gasteiger partial charge on any atom is -0.497 e. The third-order valence-corrected chi connectivity index (χ3v) is 5.35. The van der Waals surface area contributed by atoms with Gasteiger partial charge in [-0.1, -0.05) is 42.5 Å². The van der Waals surface area contributed by atoms with Crippen molar-refractivity contribution < 1.29 is 9.53 Å². The number of methoxy groups -OCH3 is 1. The van der Waals surface area contributed by atoms with Crippen molar-refractivity contribution in [2.45, 2.75) is 26.2 Å². The van der Waals surface area contributed by atoms with E-state index in [9.17, 15) is 4.79 Å². The molecule has 0 radical (unpaired) electrons. The number of nitrogens with one attached hydrogen (secondary N) is 1. The van der Waals surface area contributed by atoms with Crippen LogP contribution in [-0.4, -0.2) is 24.5 Å². The van der Waals surface area contributed by atoms with Gasteiger partial charge in [0.25, 0.3) is 0 Å². The van der Waals surface area contributed by atoms with E-state index in [4.69, 9.17) is 9.72 Å². The van der Waals surface area contributed by atoms with Crippen LogP contribution in [0, 0.1) is 6.92 Å². The van der Waals surface area contributed by atoms with Crippen molar-refractivity contribution in [2.75, 3.05) is 13.7 Å². The molecule has 0 saturated heterocycles. The monoisotopic (exact) mass is 380 g/mol. The number of rotatable bonds is 8. The number of carbonyl (C=O) groups excluding carboxylic acids is 1. The number of hydrogen-bond donors (Lipinski definition) is 1. The first-order chi connectivity index (χ1) is 13.2. The molecular formula is C22H24N2O2S. The zero-order valence-electron chi connectivity index (χ0n) is 15.7. The van der Waals surface area contributed by atoms with Crippen molar-refractivity contribution in [3.05, 3.63) is 70.0 Å². The van der Waals surface area contributed by atoms with E-state index in [0.717, 1.165) is 34.0 Å². The van der Waals surface area contributed by atoms with Crippen molar-refractivity contribution in [1.82, 2.24) is 10.3 Å². The van der Waals surface area contributed by atoms with Gasteiger partial charge in [-0.2, -0.15) is 0 Å². The Labute approximate surface area is 164 Å². The molecule has 0 aliphatic carbocycles. The molecule has 1 N–H and O–H groups in total. The van der Waals surface area contributed by atoms with E-state index in [-0.39, 0.29) is 5.91 Å². The lowest BCUT2D eigenvalue weighted by Crippen LogP contribution is -2.25. The molecule has 5 heteroatoms. The predicted octanol–water partition coefficient (Wildman–Crippen LogP) is 4.42. The molecule has 0 saturated carbocycles. The first-order valence-electron chi connectivity index (χ1n) is 9.07. The third kappa shape index (κ3) is 5.41. The fourth-order valence-corrected chi connectivity index (χ4v) is 3.86. The zero-order valence-corrected chi connectivity index (χ0v) is 16.5. The van der Waals surface area contributed by atoms with Gasteiger partial charge in [-0.15, -0.1) is 11.3 Å². The normalized spacial score (nSPS) is 10.6. The first kappa shape index (κ1) is 19.1. The second-order valence-electron chi connectivity index (χ2n) is 6.33. The molecule has 0 aliphatic rings. The van der Waals surface area contributed by atoms with E-state index in [2.05, 4.69) is 24.4 Å². The van der Waals surface area contributed by atoms with Crippen LogP contribution in [0.25, 0.3) is 11.3 Å². The quantitative estimate of drug-likeness (QED) is 0.629. The molecular weight excluding hydrogens is 356 g/mol. The highest BCUT2D eigenvalue weighted by Gasteiger charge is 2.10. The molecule has 3 rings (SSSR count). The van der Waals surface area contributed by atoms with Crippen molar-refractivity contribution in [3.63, 3.8) is 0 Å². The van der Waals surface area contributed by atoms with Crippen molar-refractivity contribution in [3.8, 4) is 17.0 Å². The molecule has 1 amide bonds. The fourth-order valence-electron chi connectivity index (χ4n) is 2.91. The maximum absolute atomic E-state index is 12.1. The number of aryl methyl sites for hydroxylation is 2. The summed E-state index contributed by atoms with van der Waals surface area (Å²) in [5, 5.41) is 4.05. The summed E-state index contributed by atoms with van der Waals surface area (Å²) in [6.07, 6.45) is 1.93. The van der Waals surface area contributed by atoms with Gasteiger partial charge in [0.15, 0.2) is 0 Å². The van der Waals surface area contributed by atoms with Gasteiger partial charge >= 0.3 is 0 Å². The van der Waals surface area contributed by atoms with Crippen LogP contribution in [0.1, 0.15) is 21.9 Å². The van der Waals surface area contributed by atoms with Crippen LogP contribution in [0.5, 0.6) is 5.75 Å². The Bertz CT molecular complexity index is 890. The van der Waals surface area contributed by atoms with Crippen molar-refractivity contribution in [2.24, 2.45) is 0 Å². The number of nitrogens with zero attached hydrogens (tertiary/aromatic N) is 1. The summed E-state index contributed by atoms with van der Waals surface area (Å²) in [5.74, 6) is 0.885. The average molecular weight is 381 g/mol. The number of amides is 1. The topological polar surface area (TPSA) is 51.2 Å². The minimum absolute atomic E-state index is 0.0642. The zero-order chi connectivity index (χ0) is 19.1. The Kier molecular flexibility index (Phi) is 6.60. The Hall–Kier alpha value is -2.66. The average Bonchev–Trinajstić information content (AvgIpc) is 3.07. The number of carbonyl (C=O) groups is 1. The maximum atomic E-state index is 12.1. The molecule has 0 aliphatic heterocycles. The summed E-state index contributed by atoms with van der Waals surface area (Å²) >= 11 is 1.70. The van der Waals surface area contributed by atoms with Gasteiger partial charge in [-0.05, 0) is 31.0 Å². The molecule has 0 atom stereocenters. The van der Waals surface area contributed by atoms with Crippen LogP contribution in [0.4, 0.5) is 0 Å². The molecule has 0 unspecified atom stereocenters. The van der Waals surface area contributed by atoms with Crippen molar-refractivity contribution in [1.29, 1.82) is 0 Å². The number of hydrogen-bond acceptors (Lipinski definition) is 4. The van der Waals surface area contributed by atoms with Crippen LogP contribution in [0.3, 0.4) is 0 Å². The summed E-state index contributed by atoms with van der Waals surface area (Å²) in [7, 11) is 1.65. The summed E-state index contributed by atoms with van der Waals surface area (Å²) in [6, 6.07) is 18.0. The van der Waals surface area contributed by atoms with E-state index in [1.54, 1.807) is 18.4 Å². The molecule has 27 heavy (non-hydrogen) atoms. The SMILES string of the molecule is COc1cccc(CCC(=O)NCCc2nc(-c3ccccc3)c(C)s2)c1. The maximum Gasteiger partial charge on any atom is 0.220 e. The third-order valence-electron chi connectivity index (χ3n) is 4.32. The Morgan fingerprint density at radius 2 is 1.93 bits per heavy atom. The van der Waals surface area contributed by atoms with Crippen LogP contribution in [0.15, 0.2) is 54.6 Å². The van der Waals surface area contributed by atoms with Crippen molar-refractivity contribution >= 4 is 17.2 Å². The highest BCUT2D eigenvalue weighted by atomic mass is 32.1. The van der Waals surface area contributed by atoms with Crippen LogP contribution < -0.4 is 10.1 Å². The van der Waals surface area contributed by atoms with E-state index in [0.29, 0.717) is 19.4 Å². The molecule has 0 bridgehead atoms. The molecule has 1 aromatic heterocycles. The second kappa shape index (κ2) is 9.33. The Morgan fingerprint density at radius 3 is 2.70 bits per heavy atom. The molecule has 0 spiro atoms. The van der Waals surface area contributed by atoms with Crippen LogP contribution >= 0.6 is 11.3 Å². The first-order valence-corrected chi connectivity index (χ1v) is 9.88. The molecule has 0 fully saturated rings. The lowest BCUT2D eigenvalue weighted by molar-refractivity contribution is -0.121. The fraction of sp³-hybridized carbons (Fsp3) is 0.273. The van der Waals surface area contributed by atoms with Gasteiger partial charge in [0.05, 0.1) is 17.8 Å². The molecule has 140 valence electrons. The lowest BCUT2D eigenvalue weighted by Gasteiger charge is -2.06.